The summed E-state index contributed by atoms with van der Waals surface area (Å²) in [5.41, 5.74) is -0.559. The average molecular weight is 254 g/mol. The first-order valence-corrected chi connectivity index (χ1v) is 5.83. The summed E-state index contributed by atoms with van der Waals surface area (Å²) in [7, 11) is 0. The van der Waals surface area contributed by atoms with Crippen LogP contribution >= 0.6 is 0 Å². The highest BCUT2D eigenvalue weighted by atomic mass is 16.4. The van der Waals surface area contributed by atoms with E-state index in [1.165, 1.54) is 0 Å². The number of amides is 2. The molecule has 2 N–H and O–H groups in total. The Morgan fingerprint density at radius 2 is 1.78 bits per heavy atom. The van der Waals surface area contributed by atoms with Gasteiger partial charge in [0, 0.05) is 25.0 Å². The summed E-state index contributed by atoms with van der Waals surface area (Å²) in [6.45, 7) is 11.6. The zero-order chi connectivity index (χ0) is 14.2. The summed E-state index contributed by atoms with van der Waals surface area (Å²) in [5, 5.41) is 11.4. The van der Waals surface area contributed by atoms with E-state index in [9.17, 15) is 9.59 Å². The second-order valence-corrected chi connectivity index (χ2v) is 4.69. The van der Waals surface area contributed by atoms with Gasteiger partial charge >= 0.3 is 12.0 Å². The van der Waals surface area contributed by atoms with E-state index in [1.807, 2.05) is 0 Å². The summed E-state index contributed by atoms with van der Waals surface area (Å²) < 4.78 is 0. The van der Waals surface area contributed by atoms with Crippen molar-refractivity contribution < 1.29 is 14.7 Å². The molecule has 102 valence electrons. The summed E-state index contributed by atoms with van der Waals surface area (Å²) in [6.07, 6.45) is 3.67. The van der Waals surface area contributed by atoms with E-state index in [2.05, 4.69) is 18.5 Å². The van der Waals surface area contributed by atoms with Gasteiger partial charge in [0.2, 0.25) is 0 Å². The SMILES string of the molecule is C=CCN(CC=C)C(=O)NC(C)(C)CCC(=O)O. The molecule has 0 aliphatic carbocycles. The molecule has 0 aliphatic heterocycles. The van der Waals surface area contributed by atoms with Gasteiger partial charge in [0.15, 0.2) is 0 Å². The van der Waals surface area contributed by atoms with Crippen molar-refractivity contribution in [1.82, 2.24) is 10.2 Å². The number of nitrogens with zero attached hydrogens (tertiary/aromatic N) is 1. The van der Waals surface area contributed by atoms with Gasteiger partial charge in [-0.05, 0) is 20.3 Å². The van der Waals surface area contributed by atoms with E-state index in [1.54, 1.807) is 30.9 Å². The standard InChI is InChI=1S/C13H22N2O3/c1-5-9-15(10-6-2)12(18)14-13(3,4)8-7-11(16)17/h5-6H,1-2,7-10H2,3-4H3,(H,14,18)(H,16,17). The predicted molar refractivity (Wildman–Crippen MR) is 71.4 cm³/mol. The van der Waals surface area contributed by atoms with Gasteiger partial charge in [0.25, 0.3) is 0 Å². The van der Waals surface area contributed by atoms with Gasteiger partial charge in [0.1, 0.15) is 0 Å². The molecule has 0 unspecified atom stereocenters. The van der Waals surface area contributed by atoms with Gasteiger partial charge in [0.05, 0.1) is 0 Å². The van der Waals surface area contributed by atoms with E-state index in [0.29, 0.717) is 19.5 Å². The Hall–Kier alpha value is -1.78. The molecule has 0 radical (unpaired) electrons. The topological polar surface area (TPSA) is 69.6 Å². The number of carbonyl (C=O) groups is 2. The van der Waals surface area contributed by atoms with Gasteiger partial charge in [-0.15, -0.1) is 13.2 Å². The zero-order valence-corrected chi connectivity index (χ0v) is 11.1. The predicted octanol–water partition coefficient (Wildman–Crippen LogP) is 2.01. The van der Waals surface area contributed by atoms with Gasteiger partial charge < -0.3 is 15.3 Å². The van der Waals surface area contributed by atoms with Gasteiger partial charge in [-0.3, -0.25) is 4.79 Å². The van der Waals surface area contributed by atoms with E-state index >= 15 is 0 Å². The fourth-order valence-electron chi connectivity index (χ4n) is 1.40. The lowest BCUT2D eigenvalue weighted by Crippen LogP contribution is -2.50. The van der Waals surface area contributed by atoms with Crippen molar-refractivity contribution in [3.63, 3.8) is 0 Å². The number of aliphatic carboxylic acids is 1. The number of nitrogens with one attached hydrogen (secondary N) is 1. The van der Waals surface area contributed by atoms with E-state index < -0.39 is 11.5 Å². The molecule has 0 aromatic carbocycles. The number of carboxylic acid groups (broad SMARTS) is 1. The first-order valence-electron chi connectivity index (χ1n) is 5.83. The van der Waals surface area contributed by atoms with Gasteiger partial charge in [-0.25, -0.2) is 4.79 Å². The van der Waals surface area contributed by atoms with Crippen LogP contribution in [0.2, 0.25) is 0 Å². The molecule has 0 heterocycles. The Kier molecular flexibility index (Phi) is 6.78. The molecule has 0 aromatic heterocycles. The lowest BCUT2D eigenvalue weighted by Gasteiger charge is -2.29. The van der Waals surface area contributed by atoms with Crippen molar-refractivity contribution in [3.8, 4) is 0 Å². The third-order valence-corrected chi connectivity index (χ3v) is 2.40. The molecule has 0 fully saturated rings. The Morgan fingerprint density at radius 3 is 2.17 bits per heavy atom. The Bertz CT molecular complexity index is 314. The first kappa shape index (κ1) is 16.2. The van der Waals surface area contributed by atoms with E-state index in [0.717, 1.165) is 0 Å². The zero-order valence-electron chi connectivity index (χ0n) is 11.1. The molecule has 0 rings (SSSR count). The van der Waals surface area contributed by atoms with Crippen molar-refractivity contribution in [2.45, 2.75) is 32.2 Å². The van der Waals surface area contributed by atoms with Crippen LogP contribution in [0.4, 0.5) is 4.79 Å². The van der Waals surface area contributed by atoms with E-state index in [4.69, 9.17) is 5.11 Å². The van der Waals surface area contributed by atoms with E-state index in [-0.39, 0.29) is 12.5 Å². The van der Waals surface area contributed by atoms with Crippen molar-refractivity contribution in [2.75, 3.05) is 13.1 Å². The van der Waals surface area contributed by atoms with Crippen molar-refractivity contribution in [2.24, 2.45) is 0 Å². The quantitative estimate of drug-likeness (QED) is 0.651. The minimum absolute atomic E-state index is 0.0240. The van der Waals surface area contributed by atoms with Crippen LogP contribution in [0.15, 0.2) is 25.3 Å². The fraction of sp³-hybridized carbons (Fsp3) is 0.538. The largest absolute Gasteiger partial charge is 0.481 e. The fourth-order valence-corrected chi connectivity index (χ4v) is 1.40. The highest BCUT2D eigenvalue weighted by molar-refractivity contribution is 5.75. The van der Waals surface area contributed by atoms with Crippen LogP contribution < -0.4 is 5.32 Å². The van der Waals surface area contributed by atoms with Crippen LogP contribution in [-0.2, 0) is 4.79 Å². The molecule has 0 atom stereocenters. The summed E-state index contributed by atoms with van der Waals surface area (Å²) in [5.74, 6) is -0.869. The molecule has 2 amide bonds. The summed E-state index contributed by atoms with van der Waals surface area (Å²) >= 11 is 0. The minimum atomic E-state index is -0.869. The number of rotatable bonds is 8. The van der Waals surface area contributed by atoms with Crippen molar-refractivity contribution in [1.29, 1.82) is 0 Å². The van der Waals surface area contributed by atoms with Crippen LogP contribution in [0.3, 0.4) is 0 Å². The molecule has 0 saturated carbocycles. The number of hydrogen-bond donors (Lipinski definition) is 2. The van der Waals surface area contributed by atoms with Crippen LogP contribution in [0.5, 0.6) is 0 Å². The summed E-state index contributed by atoms with van der Waals surface area (Å²) in [4.78, 5) is 24.0. The lowest BCUT2D eigenvalue weighted by molar-refractivity contribution is -0.137. The second kappa shape index (κ2) is 7.53. The third-order valence-electron chi connectivity index (χ3n) is 2.40. The molecular formula is C13H22N2O3. The second-order valence-electron chi connectivity index (χ2n) is 4.69. The lowest BCUT2D eigenvalue weighted by atomic mass is 9.99. The monoisotopic (exact) mass is 254 g/mol. The van der Waals surface area contributed by atoms with Gasteiger partial charge in [-0.2, -0.15) is 0 Å². The molecule has 0 saturated heterocycles. The molecule has 5 nitrogen and oxygen atoms in total. The maximum absolute atomic E-state index is 12.0. The molecule has 0 aliphatic rings. The van der Waals surface area contributed by atoms with Crippen molar-refractivity contribution >= 4 is 12.0 Å². The highest BCUT2D eigenvalue weighted by Gasteiger charge is 2.23. The van der Waals surface area contributed by atoms with Crippen LogP contribution in [0.25, 0.3) is 0 Å². The number of urea groups is 1. The first-order chi connectivity index (χ1) is 8.32. The van der Waals surface area contributed by atoms with Crippen LogP contribution in [0.1, 0.15) is 26.7 Å². The highest BCUT2D eigenvalue weighted by Crippen LogP contribution is 2.12. The normalized spacial score (nSPS) is 10.6. The van der Waals surface area contributed by atoms with Crippen LogP contribution in [-0.4, -0.2) is 40.6 Å². The molecule has 18 heavy (non-hydrogen) atoms. The summed E-state index contributed by atoms with van der Waals surface area (Å²) in [6, 6.07) is -0.245. The van der Waals surface area contributed by atoms with Crippen LogP contribution in [0, 0.1) is 0 Å². The molecular weight excluding hydrogens is 232 g/mol. The molecule has 0 spiro atoms. The number of carbonyl (C=O) groups excluding carboxylic acids is 1. The Morgan fingerprint density at radius 1 is 1.28 bits per heavy atom. The van der Waals surface area contributed by atoms with Crippen molar-refractivity contribution in [3.05, 3.63) is 25.3 Å². The average Bonchev–Trinajstić information content (AvgIpc) is 2.25. The molecule has 0 bridgehead atoms. The maximum Gasteiger partial charge on any atom is 0.318 e. The Balaban J connectivity index is 4.44. The number of carboxylic acids is 1. The maximum atomic E-state index is 12.0. The van der Waals surface area contributed by atoms with Gasteiger partial charge in [-0.1, -0.05) is 12.2 Å². The molecule has 0 aromatic rings. The Labute approximate surface area is 108 Å². The smallest absolute Gasteiger partial charge is 0.318 e. The molecule has 5 heteroatoms. The third kappa shape index (κ3) is 6.73. The number of hydrogen-bond acceptors (Lipinski definition) is 2. The minimum Gasteiger partial charge on any atom is -0.481 e.